The summed E-state index contributed by atoms with van der Waals surface area (Å²) in [6, 6.07) is 7.22. The molecule has 0 N–H and O–H groups in total. The number of hydrogen-bond acceptors (Lipinski definition) is 2. The fourth-order valence-corrected chi connectivity index (χ4v) is 1.46. The second kappa shape index (κ2) is 3.95. The van der Waals surface area contributed by atoms with Gasteiger partial charge in [-0.15, -0.1) is 0 Å². The van der Waals surface area contributed by atoms with E-state index in [1.807, 2.05) is 12.1 Å². The topological polar surface area (TPSA) is 25.8 Å². The molecule has 0 aromatic carbocycles. The van der Waals surface area contributed by atoms with E-state index in [1.54, 1.807) is 24.5 Å². The lowest BCUT2D eigenvalue weighted by atomic mass is 10.2. The minimum Gasteiger partial charge on any atom is -0.262 e. The maximum Gasteiger partial charge on any atom is 0.129 e. The zero-order valence-electron chi connectivity index (χ0n) is 7.11. The average molecular weight is 225 g/mol. The molecule has 0 amide bonds. The first-order valence-electron chi connectivity index (χ1n) is 3.99. The quantitative estimate of drug-likeness (QED) is 0.694. The molecule has 0 fully saturated rings. The second-order valence-corrected chi connectivity index (χ2v) is 3.56. The Hall–Kier alpha value is -1.12. The third kappa shape index (κ3) is 2.03. The number of nitrogens with zero attached hydrogens (tertiary/aromatic N) is 2. The molecule has 2 aromatic heterocycles. The first-order chi connectivity index (χ1) is 6.75. The van der Waals surface area contributed by atoms with Crippen LogP contribution in [-0.2, 0) is 0 Å². The number of halogens is 2. The van der Waals surface area contributed by atoms with Gasteiger partial charge in [-0.3, -0.25) is 4.98 Å². The smallest absolute Gasteiger partial charge is 0.129 e. The van der Waals surface area contributed by atoms with Crippen LogP contribution in [0.4, 0.5) is 0 Å². The standard InChI is InChI=1S/C10H6Cl2N2/c11-8-4-7(5-13-6-8)9-2-1-3-10(12)14-9/h1-6H. The van der Waals surface area contributed by atoms with E-state index in [4.69, 9.17) is 23.2 Å². The highest BCUT2D eigenvalue weighted by atomic mass is 35.5. The van der Waals surface area contributed by atoms with Gasteiger partial charge >= 0.3 is 0 Å². The Morgan fingerprint density at radius 2 is 1.93 bits per heavy atom. The van der Waals surface area contributed by atoms with Crippen molar-refractivity contribution in [2.45, 2.75) is 0 Å². The van der Waals surface area contributed by atoms with E-state index in [0.29, 0.717) is 10.2 Å². The summed E-state index contributed by atoms with van der Waals surface area (Å²) in [6.45, 7) is 0. The van der Waals surface area contributed by atoms with E-state index in [-0.39, 0.29) is 0 Å². The van der Waals surface area contributed by atoms with Crippen LogP contribution < -0.4 is 0 Å². The summed E-state index contributed by atoms with van der Waals surface area (Å²) >= 11 is 11.6. The van der Waals surface area contributed by atoms with Gasteiger partial charge in [-0.25, -0.2) is 4.98 Å². The summed E-state index contributed by atoms with van der Waals surface area (Å²) in [7, 11) is 0. The second-order valence-electron chi connectivity index (χ2n) is 2.74. The van der Waals surface area contributed by atoms with Crippen molar-refractivity contribution in [2.75, 3.05) is 0 Å². The summed E-state index contributed by atoms with van der Waals surface area (Å²) in [5.41, 5.74) is 1.63. The minimum atomic E-state index is 0.461. The first-order valence-corrected chi connectivity index (χ1v) is 4.75. The van der Waals surface area contributed by atoms with Gasteiger partial charge in [-0.2, -0.15) is 0 Å². The van der Waals surface area contributed by atoms with Crippen molar-refractivity contribution in [2.24, 2.45) is 0 Å². The van der Waals surface area contributed by atoms with Gasteiger partial charge in [-0.1, -0.05) is 29.3 Å². The number of rotatable bonds is 1. The number of pyridine rings is 2. The van der Waals surface area contributed by atoms with Crippen molar-refractivity contribution < 1.29 is 0 Å². The highest BCUT2D eigenvalue weighted by Crippen LogP contribution is 2.20. The summed E-state index contributed by atoms with van der Waals surface area (Å²) < 4.78 is 0. The first kappa shape index (κ1) is 9.44. The average Bonchev–Trinajstić information content (AvgIpc) is 2.18. The number of hydrogen-bond donors (Lipinski definition) is 0. The van der Waals surface area contributed by atoms with Gasteiger partial charge in [0.05, 0.1) is 10.7 Å². The largest absolute Gasteiger partial charge is 0.262 e. The highest BCUT2D eigenvalue weighted by Gasteiger charge is 2.00. The molecule has 0 unspecified atom stereocenters. The van der Waals surface area contributed by atoms with E-state index in [1.165, 1.54) is 0 Å². The van der Waals surface area contributed by atoms with Crippen LogP contribution in [0.15, 0.2) is 36.7 Å². The van der Waals surface area contributed by atoms with Crippen molar-refractivity contribution in [1.82, 2.24) is 9.97 Å². The van der Waals surface area contributed by atoms with Gasteiger partial charge in [0.1, 0.15) is 5.15 Å². The minimum absolute atomic E-state index is 0.461. The molecule has 0 aliphatic rings. The Morgan fingerprint density at radius 3 is 2.64 bits per heavy atom. The van der Waals surface area contributed by atoms with Gasteiger partial charge in [0.25, 0.3) is 0 Å². The summed E-state index contributed by atoms with van der Waals surface area (Å²) in [6.07, 6.45) is 3.28. The van der Waals surface area contributed by atoms with Gasteiger partial charge in [0, 0.05) is 18.0 Å². The third-order valence-corrected chi connectivity index (χ3v) is 2.13. The molecule has 4 heteroatoms. The van der Waals surface area contributed by atoms with Crippen LogP contribution in [0.3, 0.4) is 0 Å². The molecule has 2 nitrogen and oxygen atoms in total. The Bertz CT molecular complexity index is 414. The molecule has 0 saturated heterocycles. The Kier molecular flexibility index (Phi) is 2.66. The molecule has 70 valence electrons. The molecule has 14 heavy (non-hydrogen) atoms. The molecular formula is C10H6Cl2N2. The predicted octanol–water partition coefficient (Wildman–Crippen LogP) is 3.45. The lowest BCUT2D eigenvalue weighted by Crippen LogP contribution is -1.84. The molecule has 2 heterocycles. The molecule has 0 bridgehead atoms. The van der Waals surface area contributed by atoms with Crippen LogP contribution in [0, 0.1) is 0 Å². The van der Waals surface area contributed by atoms with Crippen LogP contribution in [0.2, 0.25) is 10.2 Å². The maximum absolute atomic E-state index is 5.81. The zero-order chi connectivity index (χ0) is 9.97. The SMILES string of the molecule is Clc1cncc(-c2cccc(Cl)n2)c1. The van der Waals surface area contributed by atoms with Gasteiger partial charge in [-0.05, 0) is 18.2 Å². The molecular weight excluding hydrogens is 219 g/mol. The third-order valence-electron chi connectivity index (χ3n) is 1.72. The van der Waals surface area contributed by atoms with Crippen molar-refractivity contribution in [3.8, 4) is 11.3 Å². The molecule has 0 atom stereocenters. The normalized spacial score (nSPS) is 10.1. The van der Waals surface area contributed by atoms with Gasteiger partial charge in [0.2, 0.25) is 0 Å². The van der Waals surface area contributed by atoms with Crippen molar-refractivity contribution in [1.29, 1.82) is 0 Å². The van der Waals surface area contributed by atoms with Crippen molar-refractivity contribution in [3.63, 3.8) is 0 Å². The molecule has 2 rings (SSSR count). The van der Waals surface area contributed by atoms with Crippen LogP contribution in [0.25, 0.3) is 11.3 Å². The van der Waals surface area contributed by atoms with E-state index in [9.17, 15) is 0 Å². The monoisotopic (exact) mass is 224 g/mol. The lowest BCUT2D eigenvalue weighted by Gasteiger charge is -2.00. The van der Waals surface area contributed by atoms with Crippen LogP contribution in [-0.4, -0.2) is 9.97 Å². The number of aromatic nitrogens is 2. The molecule has 0 saturated carbocycles. The fourth-order valence-electron chi connectivity index (χ4n) is 1.12. The Morgan fingerprint density at radius 1 is 1.07 bits per heavy atom. The molecule has 2 aromatic rings. The Labute approximate surface area is 91.5 Å². The molecule has 0 radical (unpaired) electrons. The lowest BCUT2D eigenvalue weighted by molar-refractivity contribution is 1.28. The molecule has 0 aliphatic heterocycles. The van der Waals surface area contributed by atoms with Crippen molar-refractivity contribution >= 4 is 23.2 Å². The van der Waals surface area contributed by atoms with E-state index < -0.39 is 0 Å². The summed E-state index contributed by atoms with van der Waals surface area (Å²) in [5, 5.41) is 1.05. The maximum atomic E-state index is 5.81. The Balaban J connectivity index is 2.49. The van der Waals surface area contributed by atoms with Gasteiger partial charge in [0.15, 0.2) is 0 Å². The molecule has 0 spiro atoms. The zero-order valence-corrected chi connectivity index (χ0v) is 8.63. The van der Waals surface area contributed by atoms with Gasteiger partial charge < -0.3 is 0 Å². The predicted molar refractivity (Wildman–Crippen MR) is 57.5 cm³/mol. The van der Waals surface area contributed by atoms with E-state index in [0.717, 1.165) is 11.3 Å². The van der Waals surface area contributed by atoms with E-state index >= 15 is 0 Å². The van der Waals surface area contributed by atoms with Crippen LogP contribution in [0.1, 0.15) is 0 Å². The van der Waals surface area contributed by atoms with Crippen LogP contribution in [0.5, 0.6) is 0 Å². The fraction of sp³-hybridized carbons (Fsp3) is 0. The highest BCUT2D eigenvalue weighted by molar-refractivity contribution is 6.30. The van der Waals surface area contributed by atoms with Crippen LogP contribution >= 0.6 is 23.2 Å². The summed E-state index contributed by atoms with van der Waals surface area (Å²) in [4.78, 5) is 8.13. The summed E-state index contributed by atoms with van der Waals surface area (Å²) in [5.74, 6) is 0. The molecule has 0 aliphatic carbocycles. The van der Waals surface area contributed by atoms with E-state index in [2.05, 4.69) is 9.97 Å². The van der Waals surface area contributed by atoms with Crippen molar-refractivity contribution in [3.05, 3.63) is 46.8 Å².